The number of carbonyl (C=O) groups excluding carboxylic acids is 1. The smallest absolute Gasteiger partial charge is 0.236 e. The topological polar surface area (TPSA) is 72.7 Å². The molecule has 158 valence electrons. The molecule has 1 amide bonds. The largest absolute Gasteiger partial charge is 0.301 e. The van der Waals surface area contributed by atoms with E-state index in [1.807, 2.05) is 25.1 Å². The number of anilines is 1. The van der Waals surface area contributed by atoms with E-state index in [1.165, 1.54) is 34.2 Å². The minimum atomic E-state index is -0.0827. The standard InChI is InChI=1S/C23H23N5OS2/c1-14-10-15(2)20-18(11-14)31-22(25-20)24-19(29)13-30-23-27-26-21(17-8-9-17)28(23)12-16-6-4-3-5-7-16/h3-7,10-11,17H,8-9,12-13H2,1-2H3,(H,24,25,29). The highest BCUT2D eigenvalue weighted by Gasteiger charge is 2.30. The average Bonchev–Trinajstić information content (AvgIpc) is 3.39. The van der Waals surface area contributed by atoms with Gasteiger partial charge in [-0.3, -0.25) is 4.79 Å². The fraction of sp³-hybridized carbons (Fsp3) is 0.304. The Morgan fingerprint density at radius 2 is 2.00 bits per heavy atom. The summed E-state index contributed by atoms with van der Waals surface area (Å²) in [4.78, 5) is 17.2. The van der Waals surface area contributed by atoms with E-state index in [9.17, 15) is 4.79 Å². The number of aromatic nitrogens is 4. The molecule has 0 spiro atoms. The minimum absolute atomic E-state index is 0.0827. The van der Waals surface area contributed by atoms with E-state index in [1.54, 1.807) is 0 Å². The molecule has 2 heterocycles. The van der Waals surface area contributed by atoms with Crippen molar-refractivity contribution in [2.75, 3.05) is 11.1 Å². The first-order valence-corrected chi connectivity index (χ1v) is 12.1. The highest BCUT2D eigenvalue weighted by molar-refractivity contribution is 7.99. The quantitative estimate of drug-likeness (QED) is 0.395. The van der Waals surface area contributed by atoms with E-state index in [0.717, 1.165) is 46.1 Å². The maximum Gasteiger partial charge on any atom is 0.236 e. The lowest BCUT2D eigenvalue weighted by Gasteiger charge is -2.10. The van der Waals surface area contributed by atoms with Gasteiger partial charge in [0.2, 0.25) is 5.91 Å². The van der Waals surface area contributed by atoms with Crippen molar-refractivity contribution in [3.8, 4) is 0 Å². The van der Waals surface area contributed by atoms with Crippen LogP contribution >= 0.6 is 23.1 Å². The zero-order valence-electron chi connectivity index (χ0n) is 17.5. The molecule has 0 saturated heterocycles. The lowest BCUT2D eigenvalue weighted by atomic mass is 10.1. The lowest BCUT2D eigenvalue weighted by molar-refractivity contribution is -0.113. The summed E-state index contributed by atoms with van der Waals surface area (Å²) in [5, 5.41) is 13.2. The van der Waals surface area contributed by atoms with Gasteiger partial charge in [0.05, 0.1) is 22.5 Å². The molecule has 1 saturated carbocycles. The molecule has 1 N–H and O–H groups in total. The van der Waals surface area contributed by atoms with E-state index in [4.69, 9.17) is 0 Å². The fourth-order valence-electron chi connectivity index (χ4n) is 3.67. The second-order valence-electron chi connectivity index (χ2n) is 7.97. The van der Waals surface area contributed by atoms with Crippen molar-refractivity contribution in [1.29, 1.82) is 0 Å². The fourth-order valence-corrected chi connectivity index (χ4v) is 5.48. The Morgan fingerprint density at radius 1 is 1.19 bits per heavy atom. The number of hydrogen-bond acceptors (Lipinski definition) is 6. The number of fused-ring (bicyclic) bond motifs is 1. The molecular formula is C23H23N5OS2. The van der Waals surface area contributed by atoms with Crippen LogP contribution in [0.3, 0.4) is 0 Å². The maximum atomic E-state index is 12.6. The number of amides is 1. The van der Waals surface area contributed by atoms with Crippen LogP contribution in [-0.2, 0) is 11.3 Å². The van der Waals surface area contributed by atoms with Crippen LogP contribution in [0.4, 0.5) is 5.13 Å². The molecule has 2 aromatic carbocycles. The van der Waals surface area contributed by atoms with Crippen LogP contribution in [0.1, 0.15) is 41.3 Å². The second-order valence-corrected chi connectivity index (χ2v) is 9.94. The Morgan fingerprint density at radius 3 is 2.77 bits per heavy atom. The summed E-state index contributed by atoms with van der Waals surface area (Å²) >= 11 is 2.94. The van der Waals surface area contributed by atoms with Gasteiger partial charge >= 0.3 is 0 Å². The summed E-state index contributed by atoms with van der Waals surface area (Å²) in [6, 6.07) is 14.5. The van der Waals surface area contributed by atoms with Gasteiger partial charge in [-0.05, 0) is 49.4 Å². The predicted molar refractivity (Wildman–Crippen MR) is 126 cm³/mol. The van der Waals surface area contributed by atoms with Gasteiger partial charge in [-0.25, -0.2) is 4.98 Å². The molecule has 1 fully saturated rings. The highest BCUT2D eigenvalue weighted by Crippen LogP contribution is 2.40. The molecule has 0 bridgehead atoms. The molecule has 1 aliphatic carbocycles. The number of rotatable bonds is 7. The van der Waals surface area contributed by atoms with Crippen LogP contribution in [0.5, 0.6) is 0 Å². The third-order valence-electron chi connectivity index (χ3n) is 5.28. The van der Waals surface area contributed by atoms with Crippen molar-refractivity contribution < 1.29 is 4.79 Å². The summed E-state index contributed by atoms with van der Waals surface area (Å²) in [6.45, 7) is 4.84. The third kappa shape index (κ3) is 4.50. The second kappa shape index (κ2) is 8.43. The molecule has 31 heavy (non-hydrogen) atoms. The number of thiazole rings is 1. The molecular weight excluding hydrogens is 426 g/mol. The van der Waals surface area contributed by atoms with Gasteiger partial charge in [0.25, 0.3) is 0 Å². The van der Waals surface area contributed by atoms with Gasteiger partial charge in [0.15, 0.2) is 10.3 Å². The van der Waals surface area contributed by atoms with Crippen molar-refractivity contribution in [3.05, 3.63) is 65.0 Å². The first-order valence-electron chi connectivity index (χ1n) is 10.3. The zero-order chi connectivity index (χ0) is 21.4. The highest BCUT2D eigenvalue weighted by atomic mass is 32.2. The van der Waals surface area contributed by atoms with Gasteiger partial charge in [-0.1, -0.05) is 59.5 Å². The van der Waals surface area contributed by atoms with Crippen molar-refractivity contribution in [2.24, 2.45) is 0 Å². The molecule has 5 rings (SSSR count). The van der Waals surface area contributed by atoms with Crippen LogP contribution in [0.25, 0.3) is 10.2 Å². The molecule has 2 aromatic heterocycles. The number of aryl methyl sites for hydroxylation is 2. The Balaban J connectivity index is 1.28. The van der Waals surface area contributed by atoms with E-state index < -0.39 is 0 Å². The average molecular weight is 450 g/mol. The van der Waals surface area contributed by atoms with Crippen LogP contribution in [-0.4, -0.2) is 31.4 Å². The molecule has 0 radical (unpaired) electrons. The summed E-state index contributed by atoms with van der Waals surface area (Å²) in [7, 11) is 0. The predicted octanol–water partition coefficient (Wildman–Crippen LogP) is 5.16. The number of carbonyl (C=O) groups is 1. The van der Waals surface area contributed by atoms with E-state index >= 15 is 0 Å². The summed E-state index contributed by atoms with van der Waals surface area (Å²) in [5.41, 5.74) is 4.49. The van der Waals surface area contributed by atoms with Gasteiger partial charge in [0, 0.05) is 5.92 Å². The first kappa shape index (κ1) is 20.2. The molecule has 4 aromatic rings. The van der Waals surface area contributed by atoms with Crippen LogP contribution < -0.4 is 5.32 Å². The van der Waals surface area contributed by atoms with E-state index in [0.29, 0.717) is 11.0 Å². The summed E-state index contributed by atoms with van der Waals surface area (Å²) < 4.78 is 3.26. The number of benzene rings is 2. The number of nitrogens with one attached hydrogen (secondary N) is 1. The monoisotopic (exact) mass is 449 g/mol. The van der Waals surface area contributed by atoms with Crippen LogP contribution in [0, 0.1) is 13.8 Å². The Hall–Kier alpha value is -2.71. The maximum absolute atomic E-state index is 12.6. The van der Waals surface area contributed by atoms with Crippen LogP contribution in [0.15, 0.2) is 47.6 Å². The number of nitrogens with zero attached hydrogens (tertiary/aromatic N) is 4. The third-order valence-corrected chi connectivity index (χ3v) is 7.16. The number of hydrogen-bond donors (Lipinski definition) is 1. The van der Waals surface area contributed by atoms with Gasteiger partial charge in [-0.2, -0.15) is 0 Å². The Bertz CT molecular complexity index is 1240. The Labute approximate surface area is 189 Å². The van der Waals surface area contributed by atoms with Crippen molar-refractivity contribution in [3.63, 3.8) is 0 Å². The molecule has 0 atom stereocenters. The molecule has 1 aliphatic rings. The normalized spacial score (nSPS) is 13.6. The Kier molecular flexibility index (Phi) is 5.50. The summed E-state index contributed by atoms with van der Waals surface area (Å²) in [5.74, 6) is 1.71. The van der Waals surface area contributed by atoms with Crippen molar-refractivity contribution in [2.45, 2.75) is 44.3 Å². The van der Waals surface area contributed by atoms with Gasteiger partial charge < -0.3 is 9.88 Å². The lowest BCUT2D eigenvalue weighted by Crippen LogP contribution is -2.14. The molecule has 8 heteroatoms. The van der Waals surface area contributed by atoms with E-state index in [2.05, 4.69) is 56.3 Å². The zero-order valence-corrected chi connectivity index (χ0v) is 19.1. The molecule has 0 unspecified atom stereocenters. The molecule has 0 aliphatic heterocycles. The van der Waals surface area contributed by atoms with Crippen LogP contribution in [0.2, 0.25) is 0 Å². The number of thioether (sulfide) groups is 1. The first-order chi connectivity index (χ1) is 15.1. The van der Waals surface area contributed by atoms with E-state index in [-0.39, 0.29) is 11.7 Å². The van der Waals surface area contributed by atoms with Crippen molar-refractivity contribution in [1.82, 2.24) is 19.7 Å². The summed E-state index contributed by atoms with van der Waals surface area (Å²) in [6.07, 6.45) is 2.32. The molecule has 6 nitrogen and oxygen atoms in total. The van der Waals surface area contributed by atoms with Gasteiger partial charge in [0.1, 0.15) is 5.82 Å². The van der Waals surface area contributed by atoms with Gasteiger partial charge in [-0.15, -0.1) is 10.2 Å². The minimum Gasteiger partial charge on any atom is -0.301 e. The van der Waals surface area contributed by atoms with Crippen molar-refractivity contribution >= 4 is 44.4 Å². The SMILES string of the molecule is Cc1cc(C)c2nc(NC(=O)CSc3nnc(C4CC4)n3Cc3ccccc3)sc2c1.